The lowest BCUT2D eigenvalue weighted by atomic mass is 9.83. The van der Waals surface area contributed by atoms with Gasteiger partial charge in [-0.2, -0.15) is 4.98 Å². The van der Waals surface area contributed by atoms with Crippen molar-refractivity contribution in [2.45, 2.75) is 71.3 Å². The van der Waals surface area contributed by atoms with Crippen LogP contribution in [0.4, 0.5) is 0 Å². The van der Waals surface area contributed by atoms with Crippen molar-refractivity contribution in [3.8, 4) is 0 Å². The van der Waals surface area contributed by atoms with Crippen LogP contribution in [0.5, 0.6) is 0 Å². The smallest absolute Gasteiger partial charge is 0.228 e. The number of hydrogen-bond acceptors (Lipinski definition) is 4. The van der Waals surface area contributed by atoms with E-state index >= 15 is 0 Å². The summed E-state index contributed by atoms with van der Waals surface area (Å²) in [6.45, 7) is 7.72. The molecule has 1 atom stereocenters. The van der Waals surface area contributed by atoms with Gasteiger partial charge < -0.3 is 9.84 Å². The normalized spacial score (nSPS) is 25.4. The molecule has 0 aliphatic heterocycles. The zero-order valence-electron chi connectivity index (χ0n) is 12.5. The molecule has 4 nitrogen and oxygen atoms in total. The Labute approximate surface area is 116 Å². The molecule has 0 amide bonds. The van der Waals surface area contributed by atoms with Crippen molar-refractivity contribution < 1.29 is 4.52 Å². The third kappa shape index (κ3) is 4.30. The number of hydrogen-bond donors (Lipinski definition) is 1. The first-order valence-corrected chi connectivity index (χ1v) is 7.75. The van der Waals surface area contributed by atoms with Gasteiger partial charge in [-0.1, -0.05) is 31.8 Å². The lowest BCUT2D eigenvalue weighted by Crippen LogP contribution is -2.28. The van der Waals surface area contributed by atoms with Crippen LogP contribution < -0.4 is 5.32 Å². The van der Waals surface area contributed by atoms with Gasteiger partial charge in [0.15, 0.2) is 5.82 Å². The van der Waals surface area contributed by atoms with Gasteiger partial charge in [-0.15, -0.1) is 0 Å². The molecular weight excluding hydrogens is 238 g/mol. The quantitative estimate of drug-likeness (QED) is 0.857. The molecule has 1 aromatic rings. The summed E-state index contributed by atoms with van der Waals surface area (Å²) in [4.78, 5) is 4.59. The van der Waals surface area contributed by atoms with Crippen LogP contribution in [0, 0.1) is 5.92 Å². The minimum absolute atomic E-state index is 0.402. The highest BCUT2D eigenvalue weighted by Gasteiger charge is 2.24. The lowest BCUT2D eigenvalue weighted by molar-refractivity contribution is 0.321. The van der Waals surface area contributed by atoms with E-state index in [1.807, 2.05) is 0 Å². The summed E-state index contributed by atoms with van der Waals surface area (Å²) >= 11 is 0. The molecule has 1 N–H and O–H groups in total. The van der Waals surface area contributed by atoms with Crippen molar-refractivity contribution >= 4 is 0 Å². The molecule has 1 heterocycles. The minimum atomic E-state index is 0.402. The first kappa shape index (κ1) is 14.5. The highest BCUT2D eigenvalue weighted by Crippen LogP contribution is 2.34. The molecule has 0 aromatic carbocycles. The Morgan fingerprint density at radius 1 is 1.32 bits per heavy atom. The molecule has 1 unspecified atom stereocenters. The standard InChI is InChI=1S/C15H27N3O/c1-4-9-16-12(3)10-14-17-15(18-19-14)13-7-5-11(2)6-8-13/h11-13,16H,4-10H2,1-3H3. The topological polar surface area (TPSA) is 51.0 Å². The molecule has 0 radical (unpaired) electrons. The molecule has 19 heavy (non-hydrogen) atoms. The average Bonchev–Trinajstić information content (AvgIpc) is 2.85. The summed E-state index contributed by atoms with van der Waals surface area (Å²) in [6, 6.07) is 0.402. The zero-order chi connectivity index (χ0) is 13.7. The van der Waals surface area contributed by atoms with Crippen LogP contribution in [-0.4, -0.2) is 22.7 Å². The van der Waals surface area contributed by atoms with Gasteiger partial charge in [-0.05, 0) is 38.6 Å². The first-order chi connectivity index (χ1) is 9.19. The zero-order valence-corrected chi connectivity index (χ0v) is 12.5. The van der Waals surface area contributed by atoms with Gasteiger partial charge in [-0.3, -0.25) is 0 Å². The fraction of sp³-hybridized carbons (Fsp3) is 0.867. The van der Waals surface area contributed by atoms with Gasteiger partial charge in [0.25, 0.3) is 0 Å². The molecule has 1 aliphatic rings. The Morgan fingerprint density at radius 2 is 2.05 bits per heavy atom. The van der Waals surface area contributed by atoms with Crippen molar-refractivity contribution in [3.05, 3.63) is 11.7 Å². The van der Waals surface area contributed by atoms with E-state index in [0.717, 1.165) is 37.0 Å². The van der Waals surface area contributed by atoms with Gasteiger partial charge in [0.05, 0.1) is 0 Å². The van der Waals surface area contributed by atoms with Crippen LogP contribution in [0.15, 0.2) is 4.52 Å². The molecule has 2 rings (SSSR count). The average molecular weight is 265 g/mol. The molecule has 1 aliphatic carbocycles. The van der Waals surface area contributed by atoms with E-state index in [4.69, 9.17) is 4.52 Å². The Bertz CT molecular complexity index is 369. The maximum atomic E-state index is 5.39. The van der Waals surface area contributed by atoms with Crippen molar-refractivity contribution in [3.63, 3.8) is 0 Å². The molecule has 4 heteroatoms. The minimum Gasteiger partial charge on any atom is -0.339 e. The highest BCUT2D eigenvalue weighted by molar-refractivity contribution is 4.98. The van der Waals surface area contributed by atoms with Gasteiger partial charge in [-0.25, -0.2) is 0 Å². The fourth-order valence-electron chi connectivity index (χ4n) is 2.76. The molecule has 108 valence electrons. The van der Waals surface area contributed by atoms with E-state index in [9.17, 15) is 0 Å². The maximum absolute atomic E-state index is 5.39. The van der Waals surface area contributed by atoms with Crippen LogP contribution in [0.1, 0.15) is 70.5 Å². The van der Waals surface area contributed by atoms with Crippen LogP contribution in [-0.2, 0) is 6.42 Å². The molecule has 0 spiro atoms. The monoisotopic (exact) mass is 265 g/mol. The van der Waals surface area contributed by atoms with Gasteiger partial charge >= 0.3 is 0 Å². The number of nitrogens with zero attached hydrogens (tertiary/aromatic N) is 2. The summed E-state index contributed by atoms with van der Waals surface area (Å²) < 4.78 is 5.39. The molecule has 1 saturated carbocycles. The van der Waals surface area contributed by atoms with Crippen LogP contribution in [0.2, 0.25) is 0 Å². The van der Waals surface area contributed by atoms with E-state index in [2.05, 4.69) is 36.2 Å². The van der Waals surface area contributed by atoms with E-state index in [0.29, 0.717) is 12.0 Å². The summed E-state index contributed by atoms with van der Waals surface area (Å²) in [5, 5.41) is 7.63. The summed E-state index contributed by atoms with van der Waals surface area (Å²) in [5.74, 6) is 3.10. The Kier molecular flexibility index (Phi) is 5.37. The second-order valence-corrected chi connectivity index (χ2v) is 6.06. The van der Waals surface area contributed by atoms with E-state index in [1.54, 1.807) is 0 Å². The van der Waals surface area contributed by atoms with Gasteiger partial charge in [0, 0.05) is 18.4 Å². The van der Waals surface area contributed by atoms with Crippen LogP contribution >= 0.6 is 0 Å². The number of aromatic nitrogens is 2. The number of rotatable bonds is 6. The molecular formula is C15H27N3O. The fourth-order valence-corrected chi connectivity index (χ4v) is 2.76. The lowest BCUT2D eigenvalue weighted by Gasteiger charge is -2.23. The van der Waals surface area contributed by atoms with E-state index in [-0.39, 0.29) is 0 Å². The van der Waals surface area contributed by atoms with Gasteiger partial charge in [0.2, 0.25) is 5.89 Å². The molecule has 0 bridgehead atoms. The summed E-state index contributed by atoms with van der Waals surface area (Å²) in [6.07, 6.45) is 7.00. The Balaban J connectivity index is 1.84. The second kappa shape index (κ2) is 7.04. The third-order valence-electron chi connectivity index (χ3n) is 4.09. The van der Waals surface area contributed by atoms with Crippen LogP contribution in [0.3, 0.4) is 0 Å². The van der Waals surface area contributed by atoms with Crippen molar-refractivity contribution in [1.82, 2.24) is 15.5 Å². The Hall–Kier alpha value is -0.900. The number of nitrogens with one attached hydrogen (secondary N) is 1. The molecule has 1 fully saturated rings. The van der Waals surface area contributed by atoms with Crippen LogP contribution in [0.25, 0.3) is 0 Å². The summed E-state index contributed by atoms with van der Waals surface area (Å²) in [7, 11) is 0. The predicted molar refractivity (Wildman–Crippen MR) is 76.1 cm³/mol. The molecule has 0 saturated heterocycles. The first-order valence-electron chi connectivity index (χ1n) is 7.75. The third-order valence-corrected chi connectivity index (χ3v) is 4.09. The van der Waals surface area contributed by atoms with Crippen molar-refractivity contribution in [1.29, 1.82) is 0 Å². The predicted octanol–water partition coefficient (Wildman–Crippen LogP) is 3.29. The largest absolute Gasteiger partial charge is 0.339 e. The second-order valence-electron chi connectivity index (χ2n) is 6.06. The summed E-state index contributed by atoms with van der Waals surface area (Å²) in [5.41, 5.74) is 0. The Morgan fingerprint density at radius 3 is 2.74 bits per heavy atom. The maximum Gasteiger partial charge on any atom is 0.228 e. The van der Waals surface area contributed by atoms with E-state index in [1.165, 1.54) is 25.7 Å². The van der Waals surface area contributed by atoms with Crippen molar-refractivity contribution in [2.24, 2.45) is 5.92 Å². The molecule has 1 aromatic heterocycles. The highest BCUT2D eigenvalue weighted by atomic mass is 16.5. The van der Waals surface area contributed by atoms with E-state index < -0.39 is 0 Å². The van der Waals surface area contributed by atoms with Gasteiger partial charge in [0.1, 0.15) is 0 Å². The van der Waals surface area contributed by atoms with Crippen molar-refractivity contribution in [2.75, 3.05) is 6.54 Å². The SMILES string of the molecule is CCCNC(C)Cc1nc(C2CCC(C)CC2)no1.